The second-order valence-electron chi connectivity index (χ2n) is 4.59. The number of anilines is 1. The molecule has 21 heavy (non-hydrogen) atoms. The lowest BCUT2D eigenvalue weighted by Crippen LogP contribution is -2.03. The SMILES string of the molecule is O=C1Nc2ccc([N+](=O)[O-])cc2/C1=C/c1cccc(O)c1. The Bertz CT molecular complexity index is 796. The summed E-state index contributed by atoms with van der Waals surface area (Å²) in [7, 11) is 0. The average molecular weight is 282 g/mol. The fraction of sp³-hybridized carbons (Fsp3) is 0. The van der Waals surface area contributed by atoms with E-state index in [-0.39, 0.29) is 17.3 Å². The number of fused-ring (bicyclic) bond motifs is 1. The van der Waals surface area contributed by atoms with Crippen molar-refractivity contribution in [3.63, 3.8) is 0 Å². The van der Waals surface area contributed by atoms with Crippen molar-refractivity contribution in [2.75, 3.05) is 5.32 Å². The van der Waals surface area contributed by atoms with Gasteiger partial charge in [-0.1, -0.05) is 12.1 Å². The minimum Gasteiger partial charge on any atom is -0.508 e. The van der Waals surface area contributed by atoms with Crippen molar-refractivity contribution in [3.05, 3.63) is 63.7 Å². The Labute approximate surface area is 119 Å². The molecule has 2 aromatic carbocycles. The van der Waals surface area contributed by atoms with E-state index in [1.807, 2.05) is 0 Å². The molecule has 0 fully saturated rings. The number of nitro groups is 1. The van der Waals surface area contributed by atoms with Gasteiger partial charge < -0.3 is 10.4 Å². The third kappa shape index (κ3) is 2.34. The Balaban J connectivity index is 2.11. The quantitative estimate of drug-likeness (QED) is 0.503. The van der Waals surface area contributed by atoms with Crippen LogP contribution in [0.5, 0.6) is 5.75 Å². The Morgan fingerprint density at radius 3 is 2.71 bits per heavy atom. The summed E-state index contributed by atoms with van der Waals surface area (Å²) in [6.45, 7) is 0. The topological polar surface area (TPSA) is 92.5 Å². The average Bonchev–Trinajstić information content (AvgIpc) is 2.74. The minimum absolute atomic E-state index is 0.0768. The number of nitrogens with zero attached hydrogens (tertiary/aromatic N) is 1. The van der Waals surface area contributed by atoms with Crippen LogP contribution in [0.25, 0.3) is 11.6 Å². The number of amides is 1. The van der Waals surface area contributed by atoms with Gasteiger partial charge in [-0.3, -0.25) is 14.9 Å². The van der Waals surface area contributed by atoms with Crippen molar-refractivity contribution in [1.29, 1.82) is 0 Å². The number of phenols is 1. The lowest BCUT2D eigenvalue weighted by Gasteiger charge is -2.00. The van der Waals surface area contributed by atoms with Gasteiger partial charge in [-0.05, 0) is 29.8 Å². The molecule has 0 unspecified atom stereocenters. The summed E-state index contributed by atoms with van der Waals surface area (Å²) in [6, 6.07) is 10.6. The van der Waals surface area contributed by atoms with Crippen LogP contribution in [0.15, 0.2) is 42.5 Å². The van der Waals surface area contributed by atoms with Gasteiger partial charge in [-0.15, -0.1) is 0 Å². The van der Waals surface area contributed by atoms with Crippen molar-refractivity contribution in [2.24, 2.45) is 0 Å². The number of benzene rings is 2. The standard InChI is InChI=1S/C15H10N2O4/c18-11-3-1-2-9(6-11)7-13-12-8-10(17(20)21)4-5-14(12)16-15(13)19/h1-8,18H,(H,16,19)/b13-7-. The molecule has 0 atom stereocenters. The molecule has 0 saturated carbocycles. The first-order chi connectivity index (χ1) is 10.0. The molecule has 0 aromatic heterocycles. The maximum atomic E-state index is 12.0. The maximum Gasteiger partial charge on any atom is 0.270 e. The van der Waals surface area contributed by atoms with Gasteiger partial charge in [0.2, 0.25) is 0 Å². The van der Waals surface area contributed by atoms with Gasteiger partial charge in [0.05, 0.1) is 4.92 Å². The smallest absolute Gasteiger partial charge is 0.270 e. The zero-order valence-corrected chi connectivity index (χ0v) is 10.7. The summed E-state index contributed by atoms with van der Waals surface area (Å²) in [5.41, 5.74) is 1.92. The summed E-state index contributed by atoms with van der Waals surface area (Å²) in [5, 5.41) is 22.9. The van der Waals surface area contributed by atoms with Crippen LogP contribution in [-0.2, 0) is 4.79 Å². The molecule has 3 rings (SSSR count). The molecule has 1 heterocycles. The van der Waals surface area contributed by atoms with Gasteiger partial charge >= 0.3 is 0 Å². The number of nitro benzene ring substituents is 1. The molecule has 2 N–H and O–H groups in total. The molecule has 6 heteroatoms. The zero-order valence-electron chi connectivity index (χ0n) is 10.7. The fourth-order valence-corrected chi connectivity index (χ4v) is 2.21. The highest BCUT2D eigenvalue weighted by molar-refractivity contribution is 6.35. The number of non-ortho nitro benzene ring substituents is 1. The molecule has 0 radical (unpaired) electrons. The van der Waals surface area contributed by atoms with Crippen molar-refractivity contribution in [2.45, 2.75) is 0 Å². The molecular weight excluding hydrogens is 272 g/mol. The van der Waals surface area contributed by atoms with Gasteiger partial charge in [0.1, 0.15) is 5.75 Å². The number of nitrogens with one attached hydrogen (secondary N) is 1. The monoisotopic (exact) mass is 282 g/mol. The summed E-state index contributed by atoms with van der Waals surface area (Å²) >= 11 is 0. The number of carbonyl (C=O) groups excluding carboxylic acids is 1. The number of hydrogen-bond donors (Lipinski definition) is 2. The van der Waals surface area contributed by atoms with Gasteiger partial charge in [0.15, 0.2) is 0 Å². The van der Waals surface area contributed by atoms with E-state index in [2.05, 4.69) is 5.32 Å². The van der Waals surface area contributed by atoms with Crippen LogP contribution in [0.4, 0.5) is 11.4 Å². The predicted molar refractivity (Wildman–Crippen MR) is 77.7 cm³/mol. The largest absolute Gasteiger partial charge is 0.508 e. The Morgan fingerprint density at radius 2 is 2.00 bits per heavy atom. The summed E-state index contributed by atoms with van der Waals surface area (Å²) < 4.78 is 0. The van der Waals surface area contributed by atoms with Crippen molar-refractivity contribution in [3.8, 4) is 5.75 Å². The zero-order chi connectivity index (χ0) is 15.0. The summed E-state index contributed by atoms with van der Waals surface area (Å²) in [5.74, 6) is -0.240. The van der Waals surface area contributed by atoms with E-state index < -0.39 is 4.92 Å². The highest BCUT2D eigenvalue weighted by Crippen LogP contribution is 2.35. The molecule has 104 valence electrons. The Hall–Kier alpha value is -3.15. The molecule has 1 aliphatic rings. The maximum absolute atomic E-state index is 12.0. The Kier molecular flexibility index (Phi) is 2.91. The van der Waals surface area contributed by atoms with Crippen LogP contribution >= 0.6 is 0 Å². The molecule has 2 aromatic rings. The number of rotatable bonds is 2. The molecule has 0 aliphatic carbocycles. The van der Waals surface area contributed by atoms with Crippen LogP contribution in [-0.4, -0.2) is 15.9 Å². The summed E-state index contributed by atoms with van der Waals surface area (Å²) in [4.78, 5) is 22.3. The highest BCUT2D eigenvalue weighted by Gasteiger charge is 2.26. The molecule has 1 aliphatic heterocycles. The van der Waals surface area contributed by atoms with Crippen LogP contribution in [0, 0.1) is 10.1 Å². The fourth-order valence-electron chi connectivity index (χ4n) is 2.21. The van der Waals surface area contributed by atoms with E-state index in [1.54, 1.807) is 18.2 Å². The molecule has 0 saturated heterocycles. The molecule has 1 amide bonds. The van der Waals surface area contributed by atoms with E-state index in [0.717, 1.165) is 0 Å². The molecule has 6 nitrogen and oxygen atoms in total. The van der Waals surface area contributed by atoms with Gasteiger partial charge in [0, 0.05) is 29.0 Å². The first-order valence-electron chi connectivity index (χ1n) is 6.15. The van der Waals surface area contributed by atoms with E-state index in [9.17, 15) is 20.0 Å². The van der Waals surface area contributed by atoms with E-state index in [0.29, 0.717) is 22.4 Å². The highest BCUT2D eigenvalue weighted by atomic mass is 16.6. The summed E-state index contributed by atoms with van der Waals surface area (Å²) in [6.07, 6.45) is 1.59. The number of carbonyl (C=O) groups is 1. The minimum atomic E-state index is -0.505. The molecule has 0 bridgehead atoms. The lowest BCUT2D eigenvalue weighted by atomic mass is 10.0. The van der Waals surface area contributed by atoms with Gasteiger partial charge in [-0.25, -0.2) is 0 Å². The first-order valence-corrected chi connectivity index (χ1v) is 6.15. The predicted octanol–water partition coefficient (Wildman–Crippen LogP) is 2.79. The number of hydrogen-bond acceptors (Lipinski definition) is 4. The normalized spacial score (nSPS) is 14.9. The number of phenolic OH excluding ortho intramolecular Hbond substituents is 1. The second-order valence-corrected chi connectivity index (χ2v) is 4.59. The third-order valence-electron chi connectivity index (χ3n) is 3.18. The Morgan fingerprint density at radius 1 is 1.19 bits per heavy atom. The third-order valence-corrected chi connectivity index (χ3v) is 3.18. The second kappa shape index (κ2) is 4.75. The van der Waals surface area contributed by atoms with Gasteiger partial charge in [0.25, 0.3) is 11.6 Å². The van der Waals surface area contributed by atoms with Crippen LogP contribution < -0.4 is 5.32 Å². The van der Waals surface area contributed by atoms with E-state index in [4.69, 9.17) is 0 Å². The van der Waals surface area contributed by atoms with Crippen LogP contribution in [0.3, 0.4) is 0 Å². The van der Waals surface area contributed by atoms with Crippen LogP contribution in [0.2, 0.25) is 0 Å². The van der Waals surface area contributed by atoms with Crippen molar-refractivity contribution < 1.29 is 14.8 Å². The van der Waals surface area contributed by atoms with Crippen LogP contribution in [0.1, 0.15) is 11.1 Å². The van der Waals surface area contributed by atoms with Gasteiger partial charge in [-0.2, -0.15) is 0 Å². The van der Waals surface area contributed by atoms with Crippen molar-refractivity contribution >= 4 is 28.9 Å². The lowest BCUT2D eigenvalue weighted by molar-refractivity contribution is -0.384. The molecular formula is C15H10N2O4. The first kappa shape index (κ1) is 12.9. The number of aromatic hydroxyl groups is 1. The van der Waals surface area contributed by atoms with E-state index in [1.165, 1.54) is 30.3 Å². The molecule has 0 spiro atoms. The van der Waals surface area contributed by atoms with Crippen molar-refractivity contribution in [1.82, 2.24) is 0 Å². The van der Waals surface area contributed by atoms with E-state index >= 15 is 0 Å².